The highest BCUT2D eigenvalue weighted by molar-refractivity contribution is 5.86. The molecule has 0 spiro atoms. The topological polar surface area (TPSA) is 210 Å². The summed E-state index contributed by atoms with van der Waals surface area (Å²) in [6, 6.07) is 6.00. The Morgan fingerprint density at radius 3 is 1.79 bits per heavy atom. The smallest absolute Gasteiger partial charge is 0.408 e. The molecule has 238 valence electrons. The molecule has 43 heavy (non-hydrogen) atoms. The van der Waals surface area contributed by atoms with Crippen LogP contribution in [0.4, 0.5) is 4.79 Å². The van der Waals surface area contributed by atoms with E-state index in [1.807, 2.05) is 0 Å². The van der Waals surface area contributed by atoms with Gasteiger partial charge in [0.05, 0.1) is 0 Å². The molecule has 0 saturated heterocycles. The third kappa shape index (κ3) is 14.2. The van der Waals surface area contributed by atoms with E-state index in [1.54, 1.807) is 44.2 Å². The summed E-state index contributed by atoms with van der Waals surface area (Å²) in [5.41, 5.74) is 0.699. The van der Waals surface area contributed by atoms with Gasteiger partial charge in [-0.2, -0.15) is 0 Å². The van der Waals surface area contributed by atoms with Gasteiger partial charge in [0.1, 0.15) is 25.3 Å². The second-order valence-corrected chi connectivity index (χ2v) is 9.82. The van der Waals surface area contributed by atoms with Crippen LogP contribution in [0.3, 0.4) is 0 Å². The molecular formula is C28H38N2O13. The van der Waals surface area contributed by atoms with Crippen molar-refractivity contribution in [1.29, 1.82) is 0 Å². The summed E-state index contributed by atoms with van der Waals surface area (Å²) in [6.07, 6.45) is -6.87. The number of alkyl carbamates (subject to hydrolysis) is 1. The first kappa shape index (κ1) is 36.3. The van der Waals surface area contributed by atoms with Gasteiger partial charge in [-0.25, -0.2) is 9.59 Å². The van der Waals surface area contributed by atoms with Gasteiger partial charge in [-0.1, -0.05) is 44.2 Å². The predicted octanol–water partition coefficient (Wildman–Crippen LogP) is 1.26. The van der Waals surface area contributed by atoms with Gasteiger partial charge >= 0.3 is 35.9 Å². The Labute approximate surface area is 248 Å². The van der Waals surface area contributed by atoms with Crippen LogP contribution in [0.1, 0.15) is 53.5 Å². The number of carboxylic acids is 1. The molecule has 15 heteroatoms. The van der Waals surface area contributed by atoms with Crippen molar-refractivity contribution in [1.82, 2.24) is 10.6 Å². The van der Waals surface area contributed by atoms with Crippen molar-refractivity contribution in [3.8, 4) is 0 Å². The van der Waals surface area contributed by atoms with E-state index in [0.717, 1.165) is 27.7 Å². The summed E-state index contributed by atoms with van der Waals surface area (Å²) in [4.78, 5) is 85.5. The normalized spacial score (nSPS) is 14.1. The largest absolute Gasteiger partial charge is 0.478 e. The zero-order valence-corrected chi connectivity index (χ0v) is 24.8. The standard InChI is InChI=1S/C28H38N2O13/c1-15(2)12-21(30-28(38)40-13-20-10-8-7-9-11-20)26(35)29-22(14-39-16(3)31)23(41-17(4)32)24(42-18(5)33)25(27(36)37)43-19(6)34/h7-11,15,21-25H,12-14H2,1-6H3,(H,29,35)(H,30,38)(H,36,37)/t21-,22-,23+,24+,25-/m0/s1. The third-order valence-corrected chi connectivity index (χ3v) is 5.48. The van der Waals surface area contributed by atoms with Gasteiger partial charge in [-0.3, -0.25) is 24.0 Å². The fraction of sp³-hybridized carbons (Fsp3) is 0.536. The van der Waals surface area contributed by atoms with Crippen LogP contribution in [0.15, 0.2) is 30.3 Å². The van der Waals surface area contributed by atoms with E-state index in [9.17, 15) is 38.7 Å². The Bertz CT molecular complexity index is 1140. The number of carbonyl (C=O) groups is 7. The maximum absolute atomic E-state index is 13.5. The summed E-state index contributed by atoms with van der Waals surface area (Å²) < 4.78 is 25.4. The molecule has 0 aromatic heterocycles. The molecule has 0 unspecified atom stereocenters. The van der Waals surface area contributed by atoms with Crippen LogP contribution in [0.5, 0.6) is 0 Å². The second-order valence-electron chi connectivity index (χ2n) is 9.82. The average Bonchev–Trinajstić information content (AvgIpc) is 2.89. The second kappa shape index (κ2) is 18.0. The van der Waals surface area contributed by atoms with E-state index in [-0.39, 0.29) is 18.9 Å². The van der Waals surface area contributed by atoms with E-state index in [0.29, 0.717) is 5.56 Å². The van der Waals surface area contributed by atoms with Crippen molar-refractivity contribution in [3.05, 3.63) is 35.9 Å². The molecule has 1 aromatic rings. The van der Waals surface area contributed by atoms with Gasteiger partial charge in [0, 0.05) is 27.7 Å². The zero-order valence-electron chi connectivity index (χ0n) is 24.8. The molecule has 0 aliphatic heterocycles. The Balaban J connectivity index is 3.41. The number of aliphatic carboxylic acids is 1. The fourth-order valence-electron chi connectivity index (χ4n) is 3.82. The summed E-state index contributed by atoms with van der Waals surface area (Å²) >= 11 is 0. The number of esters is 4. The highest BCUT2D eigenvalue weighted by atomic mass is 16.6. The molecule has 0 aliphatic rings. The molecule has 5 atom stereocenters. The molecule has 15 nitrogen and oxygen atoms in total. The summed E-state index contributed by atoms with van der Waals surface area (Å²) in [7, 11) is 0. The average molecular weight is 611 g/mol. The molecule has 0 heterocycles. The van der Waals surface area contributed by atoms with Gasteiger partial charge in [-0.15, -0.1) is 0 Å². The van der Waals surface area contributed by atoms with Crippen molar-refractivity contribution in [3.63, 3.8) is 0 Å². The Hall–Kier alpha value is -4.69. The number of amides is 2. The maximum atomic E-state index is 13.5. The number of benzene rings is 1. The molecule has 1 aromatic carbocycles. The number of rotatable bonds is 16. The number of hydrogen-bond acceptors (Lipinski definition) is 12. The van der Waals surface area contributed by atoms with Crippen molar-refractivity contribution >= 4 is 41.8 Å². The third-order valence-electron chi connectivity index (χ3n) is 5.48. The fourth-order valence-corrected chi connectivity index (χ4v) is 3.82. The zero-order chi connectivity index (χ0) is 32.7. The first-order valence-corrected chi connectivity index (χ1v) is 13.3. The number of ether oxygens (including phenoxy) is 5. The quantitative estimate of drug-likeness (QED) is 0.178. The van der Waals surface area contributed by atoms with Crippen LogP contribution in [-0.2, 0) is 59.1 Å². The first-order chi connectivity index (χ1) is 20.1. The SMILES string of the molecule is CC(=O)OC[C@H](NC(=O)[C@H](CC(C)C)NC(=O)OCc1ccccc1)[C@@H](OC(C)=O)[C@@H](OC(C)=O)[C@H](OC(C)=O)C(=O)O. The highest BCUT2D eigenvalue weighted by Gasteiger charge is 2.46. The highest BCUT2D eigenvalue weighted by Crippen LogP contribution is 2.19. The van der Waals surface area contributed by atoms with E-state index < -0.39 is 78.8 Å². The number of nitrogens with one attached hydrogen (secondary N) is 2. The lowest BCUT2D eigenvalue weighted by Crippen LogP contribution is -2.61. The predicted molar refractivity (Wildman–Crippen MR) is 146 cm³/mol. The minimum atomic E-state index is -2.19. The molecular weight excluding hydrogens is 572 g/mol. The van der Waals surface area contributed by atoms with Crippen LogP contribution < -0.4 is 10.6 Å². The molecule has 0 fully saturated rings. The van der Waals surface area contributed by atoms with Gasteiger partial charge in [0.2, 0.25) is 12.0 Å². The number of carbonyl (C=O) groups excluding carboxylic acids is 6. The van der Waals surface area contributed by atoms with Crippen molar-refractivity contribution < 1.29 is 62.4 Å². The van der Waals surface area contributed by atoms with Crippen LogP contribution in [0.2, 0.25) is 0 Å². The van der Waals surface area contributed by atoms with Crippen molar-refractivity contribution in [2.45, 2.75) is 85.0 Å². The Morgan fingerprint density at radius 1 is 0.744 bits per heavy atom. The van der Waals surface area contributed by atoms with Crippen LogP contribution in [0, 0.1) is 5.92 Å². The molecule has 1 rings (SSSR count). The van der Waals surface area contributed by atoms with Crippen LogP contribution in [0.25, 0.3) is 0 Å². The number of carboxylic acid groups (broad SMARTS) is 1. The van der Waals surface area contributed by atoms with E-state index in [4.69, 9.17) is 23.7 Å². The summed E-state index contributed by atoms with van der Waals surface area (Å²) in [6.45, 7) is 6.61. The molecule has 3 N–H and O–H groups in total. The molecule has 0 bridgehead atoms. The monoisotopic (exact) mass is 610 g/mol. The van der Waals surface area contributed by atoms with E-state index in [1.165, 1.54) is 0 Å². The summed E-state index contributed by atoms with van der Waals surface area (Å²) in [5, 5.41) is 14.7. The maximum Gasteiger partial charge on any atom is 0.408 e. The Kier molecular flexibility index (Phi) is 15.2. The van der Waals surface area contributed by atoms with Crippen molar-refractivity contribution in [2.24, 2.45) is 5.92 Å². The molecule has 2 amide bonds. The minimum absolute atomic E-state index is 0.0803. The van der Waals surface area contributed by atoms with Gasteiger partial charge in [0.15, 0.2) is 12.2 Å². The van der Waals surface area contributed by atoms with E-state index >= 15 is 0 Å². The van der Waals surface area contributed by atoms with Crippen molar-refractivity contribution in [2.75, 3.05) is 6.61 Å². The van der Waals surface area contributed by atoms with Crippen LogP contribution in [-0.4, -0.2) is 84.0 Å². The lowest BCUT2D eigenvalue weighted by molar-refractivity contribution is -0.195. The first-order valence-electron chi connectivity index (χ1n) is 13.3. The van der Waals surface area contributed by atoms with Gasteiger partial charge in [0.25, 0.3) is 0 Å². The minimum Gasteiger partial charge on any atom is -0.478 e. The summed E-state index contributed by atoms with van der Waals surface area (Å²) in [5.74, 6) is -6.69. The van der Waals surface area contributed by atoms with Gasteiger partial charge in [-0.05, 0) is 17.9 Å². The van der Waals surface area contributed by atoms with Crippen LogP contribution >= 0.6 is 0 Å². The van der Waals surface area contributed by atoms with E-state index in [2.05, 4.69) is 10.6 Å². The molecule has 0 saturated carbocycles. The van der Waals surface area contributed by atoms with Gasteiger partial charge < -0.3 is 39.4 Å². The lowest BCUT2D eigenvalue weighted by Gasteiger charge is -2.35. The lowest BCUT2D eigenvalue weighted by atomic mass is 9.98. The molecule has 0 aliphatic carbocycles. The number of hydrogen-bond donors (Lipinski definition) is 3. The Morgan fingerprint density at radius 2 is 1.30 bits per heavy atom. The molecule has 0 radical (unpaired) electrons.